The zero-order chi connectivity index (χ0) is 18.2. The number of phenolic OH excluding ortho intramolecular Hbond substituents is 1. The fraction of sp³-hybridized carbons (Fsp3) is 0.316. The maximum Gasteiger partial charge on any atom is 0.211 e. The maximum atomic E-state index is 10.5. The molecule has 2 atom stereocenters. The summed E-state index contributed by atoms with van der Waals surface area (Å²) in [5.41, 5.74) is 2.07. The number of hydrogen-bond acceptors (Lipinski definition) is 5. The molecule has 0 heterocycles. The molecule has 6 nitrogen and oxygen atoms in total. The van der Waals surface area contributed by atoms with Crippen molar-refractivity contribution in [2.75, 3.05) is 19.0 Å². The Hall–Kier alpha value is -2.57. The summed E-state index contributed by atoms with van der Waals surface area (Å²) in [7, 11) is 1.64. The number of phenols is 1. The lowest BCUT2D eigenvalue weighted by Gasteiger charge is -2.18. The van der Waals surface area contributed by atoms with E-state index < -0.39 is 6.10 Å². The van der Waals surface area contributed by atoms with Gasteiger partial charge in [-0.2, -0.15) is 0 Å². The molecule has 2 rings (SSSR count). The molecule has 0 fully saturated rings. The lowest BCUT2D eigenvalue weighted by atomic mass is 10.1. The fourth-order valence-corrected chi connectivity index (χ4v) is 2.56. The Labute approximate surface area is 147 Å². The number of benzene rings is 2. The SMILES string of the molecule is COc1ccc(C[C@H](C)NC[C@H](O)c2ccc(O)c(NC=O)c2)cc1. The van der Waals surface area contributed by atoms with Crippen LogP contribution in [-0.2, 0) is 11.2 Å². The fourth-order valence-electron chi connectivity index (χ4n) is 2.56. The molecule has 0 aliphatic carbocycles. The molecule has 0 saturated heterocycles. The van der Waals surface area contributed by atoms with Gasteiger partial charge in [-0.3, -0.25) is 4.79 Å². The van der Waals surface area contributed by atoms with Crippen LogP contribution in [0.15, 0.2) is 42.5 Å². The second-order valence-electron chi connectivity index (χ2n) is 5.92. The van der Waals surface area contributed by atoms with Crippen LogP contribution in [0.3, 0.4) is 0 Å². The van der Waals surface area contributed by atoms with Crippen LogP contribution >= 0.6 is 0 Å². The number of methoxy groups -OCH3 is 1. The summed E-state index contributed by atoms with van der Waals surface area (Å²) in [5, 5.41) is 25.6. The van der Waals surface area contributed by atoms with Gasteiger partial charge in [0, 0.05) is 12.6 Å². The van der Waals surface area contributed by atoms with Gasteiger partial charge in [-0.05, 0) is 48.7 Å². The van der Waals surface area contributed by atoms with Crippen LogP contribution in [0, 0.1) is 0 Å². The van der Waals surface area contributed by atoms with Gasteiger partial charge in [0.15, 0.2) is 0 Å². The van der Waals surface area contributed by atoms with Crippen LogP contribution in [0.4, 0.5) is 5.69 Å². The van der Waals surface area contributed by atoms with E-state index in [1.54, 1.807) is 19.2 Å². The predicted molar refractivity (Wildman–Crippen MR) is 96.9 cm³/mol. The second kappa shape index (κ2) is 9.05. The molecule has 134 valence electrons. The third-order valence-electron chi connectivity index (χ3n) is 3.98. The first-order valence-corrected chi connectivity index (χ1v) is 8.11. The van der Waals surface area contributed by atoms with Crippen LogP contribution in [0.5, 0.6) is 11.5 Å². The second-order valence-corrected chi connectivity index (χ2v) is 5.92. The summed E-state index contributed by atoms with van der Waals surface area (Å²) in [6.07, 6.45) is 0.566. The summed E-state index contributed by atoms with van der Waals surface area (Å²) in [6.45, 7) is 2.41. The Morgan fingerprint density at radius 1 is 1.20 bits per heavy atom. The number of nitrogens with one attached hydrogen (secondary N) is 2. The minimum absolute atomic E-state index is 0.0381. The minimum atomic E-state index is -0.744. The number of aliphatic hydroxyl groups is 1. The maximum absolute atomic E-state index is 10.5. The summed E-state index contributed by atoms with van der Waals surface area (Å²) in [5.74, 6) is 0.788. The van der Waals surface area contributed by atoms with Crippen LogP contribution in [0.25, 0.3) is 0 Å². The number of aliphatic hydroxyl groups excluding tert-OH is 1. The average molecular weight is 344 g/mol. The predicted octanol–water partition coefficient (Wildman–Crippen LogP) is 2.22. The number of carbonyl (C=O) groups excluding carboxylic acids is 1. The third kappa shape index (κ3) is 5.48. The number of hydrogen-bond donors (Lipinski definition) is 4. The first-order valence-electron chi connectivity index (χ1n) is 8.11. The third-order valence-corrected chi connectivity index (χ3v) is 3.98. The van der Waals surface area contributed by atoms with E-state index in [2.05, 4.69) is 10.6 Å². The molecule has 2 aromatic carbocycles. The lowest BCUT2D eigenvalue weighted by Crippen LogP contribution is -2.32. The Morgan fingerprint density at radius 3 is 2.56 bits per heavy atom. The highest BCUT2D eigenvalue weighted by Crippen LogP contribution is 2.26. The van der Waals surface area contributed by atoms with Gasteiger partial charge in [0.25, 0.3) is 0 Å². The van der Waals surface area contributed by atoms with Crippen LogP contribution in [-0.4, -0.2) is 36.3 Å². The van der Waals surface area contributed by atoms with E-state index in [0.29, 0.717) is 18.5 Å². The Bertz CT molecular complexity index is 688. The molecule has 0 radical (unpaired) electrons. The first kappa shape index (κ1) is 18.8. The van der Waals surface area contributed by atoms with Crippen molar-refractivity contribution in [2.45, 2.75) is 25.5 Å². The van der Waals surface area contributed by atoms with E-state index in [-0.39, 0.29) is 17.5 Å². The molecule has 1 amide bonds. The van der Waals surface area contributed by atoms with Crippen LogP contribution in [0.1, 0.15) is 24.2 Å². The Kier molecular flexibility index (Phi) is 6.80. The molecule has 0 saturated carbocycles. The van der Waals surface area contributed by atoms with Crippen LogP contribution in [0.2, 0.25) is 0 Å². The molecule has 0 spiro atoms. The van der Waals surface area contributed by atoms with Crippen molar-refractivity contribution in [2.24, 2.45) is 0 Å². The minimum Gasteiger partial charge on any atom is -0.506 e. The van der Waals surface area contributed by atoms with Crippen LogP contribution < -0.4 is 15.4 Å². The van der Waals surface area contributed by atoms with Gasteiger partial charge < -0.3 is 25.6 Å². The molecule has 0 unspecified atom stereocenters. The van der Waals surface area contributed by atoms with E-state index >= 15 is 0 Å². The molecule has 25 heavy (non-hydrogen) atoms. The highest BCUT2D eigenvalue weighted by atomic mass is 16.5. The smallest absolute Gasteiger partial charge is 0.211 e. The zero-order valence-electron chi connectivity index (χ0n) is 14.4. The van der Waals surface area contributed by atoms with E-state index in [9.17, 15) is 15.0 Å². The topological polar surface area (TPSA) is 90.8 Å². The van der Waals surface area contributed by atoms with Crippen molar-refractivity contribution in [1.29, 1.82) is 0 Å². The van der Waals surface area contributed by atoms with E-state index in [1.807, 2.05) is 31.2 Å². The van der Waals surface area contributed by atoms with Crippen molar-refractivity contribution in [3.05, 3.63) is 53.6 Å². The number of ether oxygens (including phenoxy) is 1. The zero-order valence-corrected chi connectivity index (χ0v) is 14.4. The molecule has 6 heteroatoms. The largest absolute Gasteiger partial charge is 0.506 e. The summed E-state index contributed by atoms with van der Waals surface area (Å²) < 4.78 is 5.14. The molecule has 0 bridgehead atoms. The van der Waals surface area contributed by atoms with Gasteiger partial charge >= 0.3 is 0 Å². The van der Waals surface area contributed by atoms with Crippen molar-refractivity contribution < 1.29 is 19.7 Å². The molecule has 0 aliphatic rings. The molecule has 0 aromatic heterocycles. The number of carbonyl (C=O) groups is 1. The van der Waals surface area contributed by atoms with Gasteiger partial charge in [0.2, 0.25) is 6.41 Å². The number of anilines is 1. The normalized spacial score (nSPS) is 13.1. The van der Waals surface area contributed by atoms with Crippen molar-refractivity contribution in [3.63, 3.8) is 0 Å². The van der Waals surface area contributed by atoms with Gasteiger partial charge in [0.05, 0.1) is 18.9 Å². The van der Waals surface area contributed by atoms with E-state index in [1.165, 1.54) is 11.6 Å². The number of aromatic hydroxyl groups is 1. The van der Waals surface area contributed by atoms with Crippen molar-refractivity contribution >= 4 is 12.1 Å². The van der Waals surface area contributed by atoms with Gasteiger partial charge in [-0.15, -0.1) is 0 Å². The summed E-state index contributed by atoms with van der Waals surface area (Å²) >= 11 is 0. The van der Waals surface area contributed by atoms with Gasteiger partial charge in [-0.1, -0.05) is 18.2 Å². The molecular weight excluding hydrogens is 320 g/mol. The molecule has 2 aromatic rings. The monoisotopic (exact) mass is 344 g/mol. The van der Waals surface area contributed by atoms with E-state index in [4.69, 9.17) is 4.74 Å². The quantitative estimate of drug-likeness (QED) is 0.414. The number of amides is 1. The van der Waals surface area contributed by atoms with E-state index in [0.717, 1.165) is 12.2 Å². The average Bonchev–Trinajstić information content (AvgIpc) is 2.62. The molecule has 4 N–H and O–H groups in total. The Balaban J connectivity index is 1.88. The first-order chi connectivity index (χ1) is 12.0. The Morgan fingerprint density at radius 2 is 1.92 bits per heavy atom. The highest BCUT2D eigenvalue weighted by Gasteiger charge is 2.12. The van der Waals surface area contributed by atoms with Gasteiger partial charge in [0.1, 0.15) is 11.5 Å². The van der Waals surface area contributed by atoms with Gasteiger partial charge in [-0.25, -0.2) is 0 Å². The highest BCUT2D eigenvalue weighted by molar-refractivity contribution is 5.75. The van der Waals surface area contributed by atoms with Crippen molar-refractivity contribution in [1.82, 2.24) is 5.32 Å². The number of rotatable bonds is 9. The van der Waals surface area contributed by atoms with Crippen molar-refractivity contribution in [3.8, 4) is 11.5 Å². The lowest BCUT2D eigenvalue weighted by molar-refractivity contribution is -0.105. The standard InChI is InChI=1S/C19H24N2O4/c1-13(9-14-3-6-16(25-2)7-4-14)20-11-19(24)15-5-8-18(23)17(10-15)21-12-22/h3-8,10,12-13,19-20,23-24H,9,11H2,1-2H3,(H,21,22)/t13-,19-/m0/s1. The summed E-state index contributed by atoms with van der Waals surface area (Å²) in [4.78, 5) is 10.5. The molecular formula is C19H24N2O4. The summed E-state index contributed by atoms with van der Waals surface area (Å²) in [6, 6.07) is 12.7. The molecule has 0 aliphatic heterocycles.